The molecule has 3 rings (SSSR count). The van der Waals surface area contributed by atoms with Crippen molar-refractivity contribution in [3.8, 4) is 0 Å². The van der Waals surface area contributed by atoms with Crippen LogP contribution in [0.15, 0.2) is 0 Å². The molecule has 0 radical (unpaired) electrons. The van der Waals surface area contributed by atoms with E-state index < -0.39 is 0 Å². The molecule has 3 fully saturated rings. The molecule has 0 heterocycles. The predicted molar refractivity (Wildman–Crippen MR) is 77.6 cm³/mol. The molecule has 0 aromatic carbocycles. The van der Waals surface area contributed by atoms with E-state index in [1.807, 2.05) is 0 Å². The SMILES string of the molecule is CCCNC(CC1CCCCC1)C1CC2CC2C1. The van der Waals surface area contributed by atoms with Crippen LogP contribution in [0.4, 0.5) is 0 Å². The Kier molecular flexibility index (Phi) is 4.28. The molecule has 0 aromatic heterocycles. The molecule has 1 N–H and O–H groups in total. The van der Waals surface area contributed by atoms with Gasteiger partial charge in [-0.3, -0.25) is 0 Å². The van der Waals surface area contributed by atoms with Crippen LogP contribution < -0.4 is 5.32 Å². The van der Waals surface area contributed by atoms with Crippen LogP contribution in [0.25, 0.3) is 0 Å². The monoisotopic (exact) mass is 249 g/mol. The highest BCUT2D eigenvalue weighted by molar-refractivity contribution is 4.99. The van der Waals surface area contributed by atoms with Gasteiger partial charge in [-0.05, 0) is 62.3 Å². The molecule has 3 unspecified atom stereocenters. The van der Waals surface area contributed by atoms with Crippen molar-refractivity contribution < 1.29 is 0 Å². The summed E-state index contributed by atoms with van der Waals surface area (Å²) >= 11 is 0. The second-order valence-corrected chi connectivity index (χ2v) is 7.29. The first-order valence-electron chi connectivity index (χ1n) is 8.60. The van der Waals surface area contributed by atoms with E-state index in [1.54, 1.807) is 19.3 Å². The van der Waals surface area contributed by atoms with Gasteiger partial charge < -0.3 is 5.32 Å². The van der Waals surface area contributed by atoms with Crippen molar-refractivity contribution in [2.24, 2.45) is 23.7 Å². The van der Waals surface area contributed by atoms with E-state index in [-0.39, 0.29) is 0 Å². The Labute approximate surface area is 113 Å². The molecule has 3 aliphatic carbocycles. The molecular weight excluding hydrogens is 218 g/mol. The molecule has 0 amide bonds. The summed E-state index contributed by atoms with van der Waals surface area (Å²) in [4.78, 5) is 0. The third kappa shape index (κ3) is 3.10. The molecule has 104 valence electrons. The lowest BCUT2D eigenvalue weighted by atomic mass is 9.80. The summed E-state index contributed by atoms with van der Waals surface area (Å²) in [5.74, 6) is 4.37. The standard InChI is InChI=1S/C17H31N/c1-2-8-18-17(9-13-6-4-3-5-7-13)16-11-14-10-15(14)12-16/h13-18H,2-12H2,1H3. The number of rotatable bonds is 6. The molecule has 1 nitrogen and oxygen atoms in total. The highest BCUT2D eigenvalue weighted by atomic mass is 14.9. The summed E-state index contributed by atoms with van der Waals surface area (Å²) < 4.78 is 0. The number of hydrogen-bond acceptors (Lipinski definition) is 1. The molecule has 0 spiro atoms. The van der Waals surface area contributed by atoms with Crippen molar-refractivity contribution >= 4 is 0 Å². The number of nitrogens with one attached hydrogen (secondary N) is 1. The van der Waals surface area contributed by atoms with Gasteiger partial charge in [-0.25, -0.2) is 0 Å². The first-order valence-corrected chi connectivity index (χ1v) is 8.60. The molecule has 0 aromatic rings. The van der Waals surface area contributed by atoms with Crippen molar-refractivity contribution in [3.05, 3.63) is 0 Å². The van der Waals surface area contributed by atoms with Gasteiger partial charge in [-0.2, -0.15) is 0 Å². The molecule has 0 aliphatic heterocycles. The second-order valence-electron chi connectivity index (χ2n) is 7.29. The van der Waals surface area contributed by atoms with Crippen LogP contribution in [0.5, 0.6) is 0 Å². The van der Waals surface area contributed by atoms with Crippen molar-refractivity contribution in [1.29, 1.82) is 0 Å². The molecule has 18 heavy (non-hydrogen) atoms. The van der Waals surface area contributed by atoms with Crippen LogP contribution >= 0.6 is 0 Å². The summed E-state index contributed by atoms with van der Waals surface area (Å²) in [7, 11) is 0. The zero-order chi connectivity index (χ0) is 12.4. The average molecular weight is 249 g/mol. The molecule has 3 atom stereocenters. The lowest BCUT2D eigenvalue weighted by molar-refractivity contribution is 0.242. The average Bonchev–Trinajstić information content (AvgIpc) is 3.02. The van der Waals surface area contributed by atoms with Gasteiger partial charge in [-0.1, -0.05) is 39.0 Å². The predicted octanol–water partition coefficient (Wildman–Crippen LogP) is 4.37. The topological polar surface area (TPSA) is 12.0 Å². The number of fused-ring (bicyclic) bond motifs is 1. The minimum Gasteiger partial charge on any atom is -0.314 e. The minimum atomic E-state index is 0.862. The Bertz CT molecular complexity index is 246. The van der Waals surface area contributed by atoms with Crippen LogP contribution in [-0.2, 0) is 0 Å². The highest BCUT2D eigenvalue weighted by Gasteiger charge is 2.47. The van der Waals surface area contributed by atoms with E-state index in [9.17, 15) is 0 Å². The van der Waals surface area contributed by atoms with Crippen LogP contribution in [0, 0.1) is 23.7 Å². The van der Waals surface area contributed by atoms with Crippen LogP contribution in [0.1, 0.15) is 71.1 Å². The summed E-state index contributed by atoms with van der Waals surface area (Å²) in [6, 6.07) is 0.862. The lowest BCUT2D eigenvalue weighted by Gasteiger charge is -2.31. The Morgan fingerprint density at radius 1 is 1.00 bits per heavy atom. The maximum Gasteiger partial charge on any atom is 0.00981 e. The number of hydrogen-bond donors (Lipinski definition) is 1. The first kappa shape index (κ1) is 13.0. The smallest absolute Gasteiger partial charge is 0.00981 e. The fourth-order valence-electron chi connectivity index (χ4n) is 4.64. The van der Waals surface area contributed by atoms with Crippen molar-refractivity contribution in [1.82, 2.24) is 5.32 Å². The van der Waals surface area contributed by atoms with Gasteiger partial charge in [0, 0.05) is 6.04 Å². The lowest BCUT2D eigenvalue weighted by Crippen LogP contribution is -2.38. The first-order chi connectivity index (χ1) is 8.86. The van der Waals surface area contributed by atoms with Crippen LogP contribution in [0.2, 0.25) is 0 Å². The summed E-state index contributed by atoms with van der Waals surface area (Å²) in [5, 5.41) is 3.90. The maximum absolute atomic E-state index is 3.90. The molecule has 1 heteroatoms. The van der Waals surface area contributed by atoms with Crippen molar-refractivity contribution in [3.63, 3.8) is 0 Å². The summed E-state index contributed by atoms with van der Waals surface area (Å²) in [6.45, 7) is 3.54. The van der Waals surface area contributed by atoms with Gasteiger partial charge in [0.15, 0.2) is 0 Å². The van der Waals surface area contributed by atoms with E-state index in [1.165, 1.54) is 51.5 Å². The largest absolute Gasteiger partial charge is 0.314 e. The molecular formula is C17H31N. The summed E-state index contributed by atoms with van der Waals surface area (Å²) in [6.07, 6.45) is 15.0. The zero-order valence-corrected chi connectivity index (χ0v) is 12.2. The second kappa shape index (κ2) is 5.94. The fraction of sp³-hybridized carbons (Fsp3) is 1.00. The van der Waals surface area contributed by atoms with E-state index in [4.69, 9.17) is 0 Å². The van der Waals surface area contributed by atoms with Crippen molar-refractivity contribution in [2.75, 3.05) is 6.54 Å². The van der Waals surface area contributed by atoms with Gasteiger partial charge in [0.2, 0.25) is 0 Å². The van der Waals surface area contributed by atoms with Crippen LogP contribution in [-0.4, -0.2) is 12.6 Å². The molecule has 3 saturated carbocycles. The summed E-state index contributed by atoms with van der Waals surface area (Å²) in [5.41, 5.74) is 0. The van der Waals surface area contributed by atoms with E-state index in [0.717, 1.165) is 29.7 Å². The van der Waals surface area contributed by atoms with E-state index >= 15 is 0 Å². The zero-order valence-electron chi connectivity index (χ0n) is 12.2. The molecule has 3 aliphatic rings. The van der Waals surface area contributed by atoms with E-state index in [0.29, 0.717) is 0 Å². The van der Waals surface area contributed by atoms with Gasteiger partial charge in [0.05, 0.1) is 0 Å². The normalized spacial score (nSPS) is 37.5. The Balaban J connectivity index is 1.51. The molecule has 0 bridgehead atoms. The quantitative estimate of drug-likeness (QED) is 0.737. The van der Waals surface area contributed by atoms with E-state index in [2.05, 4.69) is 12.2 Å². The van der Waals surface area contributed by atoms with Crippen LogP contribution in [0.3, 0.4) is 0 Å². The van der Waals surface area contributed by atoms with Gasteiger partial charge in [0.25, 0.3) is 0 Å². The Morgan fingerprint density at radius 3 is 2.39 bits per heavy atom. The molecule has 0 saturated heterocycles. The third-order valence-corrected chi connectivity index (χ3v) is 5.82. The van der Waals surface area contributed by atoms with Gasteiger partial charge >= 0.3 is 0 Å². The van der Waals surface area contributed by atoms with Crippen molar-refractivity contribution in [2.45, 2.75) is 77.2 Å². The maximum atomic E-state index is 3.90. The van der Waals surface area contributed by atoms with Gasteiger partial charge in [-0.15, -0.1) is 0 Å². The van der Waals surface area contributed by atoms with Gasteiger partial charge in [0.1, 0.15) is 0 Å². The fourth-order valence-corrected chi connectivity index (χ4v) is 4.64. The third-order valence-electron chi connectivity index (χ3n) is 5.82. The highest BCUT2D eigenvalue weighted by Crippen LogP contribution is 2.55. The Morgan fingerprint density at radius 2 is 1.72 bits per heavy atom. The Hall–Kier alpha value is -0.0400. The minimum absolute atomic E-state index is 0.862.